The van der Waals surface area contributed by atoms with E-state index in [4.69, 9.17) is 4.74 Å². The molecule has 2 rings (SSSR count). The molecule has 2 aromatic carbocycles. The molecule has 0 unspecified atom stereocenters. The van der Waals surface area contributed by atoms with Gasteiger partial charge in [-0.2, -0.15) is 0 Å². The molecule has 0 bridgehead atoms. The lowest BCUT2D eigenvalue weighted by Gasteiger charge is -2.10. The normalized spacial score (nSPS) is 10.1. The fraction of sp³-hybridized carbons (Fsp3) is 0.263. The SMILES string of the molecule is CCc1ccc(CNC(=O)C(=O)NCc2ccccc2OC)cc1. The summed E-state index contributed by atoms with van der Waals surface area (Å²) in [5.41, 5.74) is 3.01. The fourth-order valence-corrected chi connectivity index (χ4v) is 2.26. The van der Waals surface area contributed by atoms with Crippen molar-refractivity contribution in [2.75, 3.05) is 7.11 Å². The molecule has 126 valence electrons. The summed E-state index contributed by atoms with van der Waals surface area (Å²) in [7, 11) is 1.57. The van der Waals surface area contributed by atoms with E-state index in [0.717, 1.165) is 17.5 Å². The molecule has 0 atom stereocenters. The topological polar surface area (TPSA) is 67.4 Å². The van der Waals surface area contributed by atoms with Gasteiger partial charge in [0.15, 0.2) is 0 Å². The highest BCUT2D eigenvalue weighted by Crippen LogP contribution is 2.16. The second-order valence-corrected chi connectivity index (χ2v) is 5.35. The van der Waals surface area contributed by atoms with E-state index in [9.17, 15) is 9.59 Å². The molecular weight excluding hydrogens is 304 g/mol. The summed E-state index contributed by atoms with van der Waals surface area (Å²) in [6.07, 6.45) is 0.970. The van der Waals surface area contributed by atoms with E-state index in [-0.39, 0.29) is 6.54 Å². The standard InChI is InChI=1S/C19H22N2O3/c1-3-14-8-10-15(11-9-14)12-20-18(22)19(23)21-13-16-6-4-5-7-17(16)24-2/h4-11H,3,12-13H2,1-2H3,(H,20,22)(H,21,23). The lowest BCUT2D eigenvalue weighted by molar-refractivity contribution is -0.139. The first kappa shape index (κ1) is 17.5. The third kappa shape index (κ3) is 4.84. The van der Waals surface area contributed by atoms with Crippen molar-refractivity contribution in [3.8, 4) is 5.75 Å². The van der Waals surface area contributed by atoms with Gasteiger partial charge in [0, 0.05) is 18.7 Å². The molecule has 0 spiro atoms. The predicted octanol–water partition coefficient (Wildman–Crippen LogP) is 2.19. The predicted molar refractivity (Wildman–Crippen MR) is 92.5 cm³/mol. The van der Waals surface area contributed by atoms with E-state index in [0.29, 0.717) is 12.3 Å². The van der Waals surface area contributed by atoms with E-state index in [1.54, 1.807) is 7.11 Å². The van der Waals surface area contributed by atoms with Crippen molar-refractivity contribution in [2.24, 2.45) is 0 Å². The summed E-state index contributed by atoms with van der Waals surface area (Å²) in [5.74, 6) is -0.634. The molecule has 24 heavy (non-hydrogen) atoms. The number of benzene rings is 2. The average Bonchev–Trinajstić information content (AvgIpc) is 2.64. The molecule has 0 heterocycles. The molecule has 0 aromatic heterocycles. The molecular formula is C19H22N2O3. The maximum atomic E-state index is 11.9. The Morgan fingerprint density at radius 3 is 2.08 bits per heavy atom. The molecule has 0 radical (unpaired) electrons. The fourth-order valence-electron chi connectivity index (χ4n) is 2.26. The van der Waals surface area contributed by atoms with Gasteiger partial charge >= 0.3 is 11.8 Å². The van der Waals surface area contributed by atoms with Gasteiger partial charge < -0.3 is 15.4 Å². The van der Waals surface area contributed by atoms with Crippen LogP contribution in [0.15, 0.2) is 48.5 Å². The minimum Gasteiger partial charge on any atom is -0.496 e. The number of ether oxygens (including phenoxy) is 1. The van der Waals surface area contributed by atoms with Crippen LogP contribution in [0.4, 0.5) is 0 Å². The van der Waals surface area contributed by atoms with Crippen LogP contribution in [-0.2, 0) is 29.1 Å². The number of nitrogens with one attached hydrogen (secondary N) is 2. The van der Waals surface area contributed by atoms with Crippen LogP contribution in [0.3, 0.4) is 0 Å². The first-order valence-electron chi connectivity index (χ1n) is 7.89. The number of para-hydroxylation sites is 1. The van der Waals surface area contributed by atoms with Crippen LogP contribution in [0.1, 0.15) is 23.6 Å². The van der Waals surface area contributed by atoms with Crippen molar-refractivity contribution in [3.05, 3.63) is 65.2 Å². The molecule has 0 aliphatic rings. The zero-order valence-electron chi connectivity index (χ0n) is 14.0. The Morgan fingerprint density at radius 1 is 0.875 bits per heavy atom. The van der Waals surface area contributed by atoms with Gasteiger partial charge in [0.2, 0.25) is 0 Å². The molecule has 0 aliphatic carbocycles. The van der Waals surface area contributed by atoms with Crippen molar-refractivity contribution in [1.82, 2.24) is 10.6 Å². The Labute approximate surface area is 142 Å². The summed E-state index contributed by atoms with van der Waals surface area (Å²) in [6, 6.07) is 15.3. The molecule has 0 saturated heterocycles. The van der Waals surface area contributed by atoms with Crippen molar-refractivity contribution >= 4 is 11.8 Å². The van der Waals surface area contributed by atoms with Gasteiger partial charge in [-0.05, 0) is 23.6 Å². The summed E-state index contributed by atoms with van der Waals surface area (Å²) in [5, 5.41) is 5.22. The zero-order valence-corrected chi connectivity index (χ0v) is 14.0. The van der Waals surface area contributed by atoms with Gasteiger partial charge in [0.05, 0.1) is 7.11 Å². The number of carbonyl (C=O) groups is 2. The Hall–Kier alpha value is -2.82. The Kier molecular flexibility index (Phi) is 6.37. The lowest BCUT2D eigenvalue weighted by atomic mass is 10.1. The Balaban J connectivity index is 1.82. The monoisotopic (exact) mass is 326 g/mol. The van der Waals surface area contributed by atoms with Gasteiger partial charge in [-0.15, -0.1) is 0 Å². The molecule has 0 saturated carbocycles. The molecule has 2 amide bonds. The Morgan fingerprint density at radius 2 is 1.46 bits per heavy atom. The number of rotatable bonds is 6. The first-order valence-corrected chi connectivity index (χ1v) is 7.89. The van der Waals surface area contributed by atoms with Gasteiger partial charge in [-0.3, -0.25) is 9.59 Å². The smallest absolute Gasteiger partial charge is 0.309 e. The minimum absolute atomic E-state index is 0.238. The molecule has 2 N–H and O–H groups in total. The molecule has 2 aromatic rings. The maximum absolute atomic E-state index is 11.9. The molecule has 5 nitrogen and oxygen atoms in total. The third-order valence-electron chi connectivity index (χ3n) is 3.72. The second kappa shape index (κ2) is 8.72. The number of hydrogen-bond acceptors (Lipinski definition) is 3. The first-order chi connectivity index (χ1) is 11.6. The number of carbonyl (C=O) groups excluding carboxylic acids is 2. The van der Waals surface area contributed by atoms with E-state index in [2.05, 4.69) is 17.6 Å². The highest BCUT2D eigenvalue weighted by Gasteiger charge is 2.13. The van der Waals surface area contributed by atoms with E-state index in [1.165, 1.54) is 5.56 Å². The van der Waals surface area contributed by atoms with Crippen molar-refractivity contribution in [1.29, 1.82) is 0 Å². The Bertz CT molecular complexity index is 696. The maximum Gasteiger partial charge on any atom is 0.309 e. The summed E-state index contributed by atoms with van der Waals surface area (Å²) < 4.78 is 5.21. The van der Waals surface area contributed by atoms with Crippen LogP contribution in [0.5, 0.6) is 5.75 Å². The van der Waals surface area contributed by atoms with Crippen LogP contribution in [0, 0.1) is 0 Å². The molecule has 5 heteroatoms. The molecule has 0 fully saturated rings. The van der Waals surface area contributed by atoms with Crippen LogP contribution in [0.2, 0.25) is 0 Å². The van der Waals surface area contributed by atoms with Gasteiger partial charge in [0.25, 0.3) is 0 Å². The van der Waals surface area contributed by atoms with Crippen LogP contribution in [-0.4, -0.2) is 18.9 Å². The van der Waals surface area contributed by atoms with Crippen molar-refractivity contribution in [3.63, 3.8) is 0 Å². The third-order valence-corrected chi connectivity index (χ3v) is 3.72. The molecule has 0 aliphatic heterocycles. The lowest BCUT2D eigenvalue weighted by Crippen LogP contribution is -2.39. The van der Waals surface area contributed by atoms with E-state index < -0.39 is 11.8 Å². The number of amides is 2. The quantitative estimate of drug-likeness (QED) is 0.800. The highest BCUT2D eigenvalue weighted by atomic mass is 16.5. The highest BCUT2D eigenvalue weighted by molar-refractivity contribution is 6.35. The number of methoxy groups -OCH3 is 1. The van der Waals surface area contributed by atoms with Gasteiger partial charge in [-0.25, -0.2) is 0 Å². The van der Waals surface area contributed by atoms with Crippen molar-refractivity contribution in [2.45, 2.75) is 26.4 Å². The summed E-state index contributed by atoms with van der Waals surface area (Å²) in [4.78, 5) is 23.7. The van der Waals surface area contributed by atoms with Crippen LogP contribution < -0.4 is 15.4 Å². The minimum atomic E-state index is -0.661. The van der Waals surface area contributed by atoms with Crippen LogP contribution >= 0.6 is 0 Å². The second-order valence-electron chi connectivity index (χ2n) is 5.35. The average molecular weight is 326 g/mol. The van der Waals surface area contributed by atoms with E-state index in [1.807, 2.05) is 48.5 Å². The zero-order chi connectivity index (χ0) is 17.4. The number of hydrogen-bond donors (Lipinski definition) is 2. The van der Waals surface area contributed by atoms with Gasteiger partial charge in [-0.1, -0.05) is 49.4 Å². The van der Waals surface area contributed by atoms with E-state index >= 15 is 0 Å². The van der Waals surface area contributed by atoms with Crippen LogP contribution in [0.25, 0.3) is 0 Å². The van der Waals surface area contributed by atoms with Gasteiger partial charge in [0.1, 0.15) is 5.75 Å². The largest absolute Gasteiger partial charge is 0.496 e. The van der Waals surface area contributed by atoms with Crippen molar-refractivity contribution < 1.29 is 14.3 Å². The summed E-state index contributed by atoms with van der Waals surface area (Å²) in [6.45, 7) is 2.65. The summed E-state index contributed by atoms with van der Waals surface area (Å²) >= 11 is 0. The number of aryl methyl sites for hydroxylation is 1.